The van der Waals surface area contributed by atoms with Crippen molar-refractivity contribution in [3.63, 3.8) is 0 Å². The first kappa shape index (κ1) is 12.9. The summed E-state index contributed by atoms with van der Waals surface area (Å²) in [4.78, 5) is 5.34. The van der Waals surface area contributed by atoms with Crippen LogP contribution in [0, 0.1) is 0 Å². The van der Waals surface area contributed by atoms with Gasteiger partial charge in [0, 0.05) is 37.9 Å². The summed E-state index contributed by atoms with van der Waals surface area (Å²) in [5, 5.41) is 0. The summed E-state index contributed by atoms with van der Waals surface area (Å²) >= 11 is 0. The van der Waals surface area contributed by atoms with Crippen molar-refractivity contribution < 1.29 is 0 Å². The van der Waals surface area contributed by atoms with E-state index in [1.165, 1.54) is 57.5 Å². The summed E-state index contributed by atoms with van der Waals surface area (Å²) in [6, 6.07) is 9.16. The van der Waals surface area contributed by atoms with Crippen molar-refractivity contribution >= 4 is 5.69 Å². The average Bonchev–Trinajstić information content (AvgIpc) is 2.46. The van der Waals surface area contributed by atoms with Gasteiger partial charge in [0.25, 0.3) is 0 Å². The highest BCUT2D eigenvalue weighted by molar-refractivity contribution is 5.39. The van der Waals surface area contributed by atoms with Crippen molar-refractivity contribution in [3.05, 3.63) is 29.8 Å². The minimum Gasteiger partial charge on any atom is -0.399 e. The van der Waals surface area contributed by atoms with Crippen molar-refractivity contribution in [1.82, 2.24) is 9.80 Å². The molecule has 2 heterocycles. The first-order chi connectivity index (χ1) is 9.31. The van der Waals surface area contributed by atoms with Crippen LogP contribution in [0.3, 0.4) is 0 Å². The Labute approximate surface area is 116 Å². The van der Waals surface area contributed by atoms with E-state index in [4.69, 9.17) is 5.73 Å². The summed E-state index contributed by atoms with van der Waals surface area (Å²) in [5.41, 5.74) is 7.99. The minimum atomic E-state index is 0.828. The standard InChI is InChI=1S/C16H25N3/c17-15-6-4-14(5-7-15)8-10-18-11-12-19-9-2-1-3-16(19)13-18/h4-7,16H,1-3,8-13,17H2. The van der Waals surface area contributed by atoms with Gasteiger partial charge in [-0.05, 0) is 43.5 Å². The highest BCUT2D eigenvalue weighted by atomic mass is 15.3. The molecule has 0 amide bonds. The lowest BCUT2D eigenvalue weighted by atomic mass is 9.99. The van der Waals surface area contributed by atoms with E-state index in [-0.39, 0.29) is 0 Å². The Hall–Kier alpha value is -1.06. The van der Waals surface area contributed by atoms with Crippen LogP contribution in [0.15, 0.2) is 24.3 Å². The number of anilines is 1. The lowest BCUT2D eigenvalue weighted by Crippen LogP contribution is -2.55. The third-order valence-electron chi connectivity index (χ3n) is 4.62. The molecule has 0 spiro atoms. The fraction of sp³-hybridized carbons (Fsp3) is 0.625. The third kappa shape index (κ3) is 3.28. The second-order valence-electron chi connectivity index (χ2n) is 5.98. The van der Waals surface area contributed by atoms with Gasteiger partial charge in [0.1, 0.15) is 0 Å². The number of nitrogens with two attached hydrogens (primary N) is 1. The number of piperazine rings is 1. The van der Waals surface area contributed by atoms with Crippen LogP contribution in [0.5, 0.6) is 0 Å². The van der Waals surface area contributed by atoms with E-state index in [0.29, 0.717) is 0 Å². The largest absolute Gasteiger partial charge is 0.399 e. The van der Waals surface area contributed by atoms with Crippen LogP contribution >= 0.6 is 0 Å². The molecule has 3 rings (SSSR count). The second kappa shape index (κ2) is 5.93. The Kier molecular flexibility index (Phi) is 4.04. The van der Waals surface area contributed by atoms with Crippen molar-refractivity contribution in [1.29, 1.82) is 0 Å². The van der Waals surface area contributed by atoms with E-state index in [2.05, 4.69) is 21.9 Å². The molecule has 2 aliphatic heterocycles. The molecule has 0 radical (unpaired) electrons. The zero-order valence-corrected chi connectivity index (χ0v) is 11.7. The maximum Gasteiger partial charge on any atom is 0.0314 e. The van der Waals surface area contributed by atoms with Gasteiger partial charge >= 0.3 is 0 Å². The Morgan fingerprint density at radius 1 is 1.05 bits per heavy atom. The van der Waals surface area contributed by atoms with Gasteiger partial charge in [0.15, 0.2) is 0 Å². The Morgan fingerprint density at radius 2 is 1.89 bits per heavy atom. The predicted octanol–water partition coefficient (Wildman–Crippen LogP) is 1.98. The van der Waals surface area contributed by atoms with Crippen molar-refractivity contribution in [2.75, 3.05) is 38.5 Å². The van der Waals surface area contributed by atoms with Crippen LogP contribution in [0.25, 0.3) is 0 Å². The summed E-state index contributed by atoms with van der Waals surface area (Å²) in [6.45, 7) is 6.30. The number of fused-ring (bicyclic) bond motifs is 1. The molecule has 0 bridgehead atoms. The number of nitrogens with zero attached hydrogens (tertiary/aromatic N) is 2. The zero-order valence-electron chi connectivity index (χ0n) is 11.7. The van der Waals surface area contributed by atoms with Gasteiger partial charge in [-0.3, -0.25) is 4.90 Å². The molecule has 0 saturated carbocycles. The van der Waals surface area contributed by atoms with Gasteiger partial charge in [-0.1, -0.05) is 18.6 Å². The van der Waals surface area contributed by atoms with Crippen LogP contribution in [0.1, 0.15) is 24.8 Å². The normalized spacial score (nSPS) is 25.2. The van der Waals surface area contributed by atoms with Crippen LogP contribution in [-0.4, -0.2) is 48.6 Å². The van der Waals surface area contributed by atoms with Crippen molar-refractivity contribution in [2.45, 2.75) is 31.7 Å². The molecular weight excluding hydrogens is 234 g/mol. The minimum absolute atomic E-state index is 0.828. The monoisotopic (exact) mass is 259 g/mol. The first-order valence-corrected chi connectivity index (χ1v) is 7.62. The average molecular weight is 259 g/mol. The molecule has 104 valence electrons. The third-order valence-corrected chi connectivity index (χ3v) is 4.62. The molecule has 2 fully saturated rings. The zero-order chi connectivity index (χ0) is 13.1. The number of nitrogen functional groups attached to an aromatic ring is 1. The summed E-state index contributed by atoms with van der Waals surface area (Å²) < 4.78 is 0. The Bertz CT molecular complexity index is 401. The summed E-state index contributed by atoms with van der Waals surface area (Å²) in [6.07, 6.45) is 5.38. The fourth-order valence-electron chi connectivity index (χ4n) is 3.39. The predicted molar refractivity (Wildman–Crippen MR) is 80.2 cm³/mol. The fourth-order valence-corrected chi connectivity index (χ4v) is 3.39. The van der Waals surface area contributed by atoms with Crippen LogP contribution in [0.4, 0.5) is 5.69 Å². The Morgan fingerprint density at radius 3 is 2.74 bits per heavy atom. The van der Waals surface area contributed by atoms with E-state index in [0.717, 1.165) is 18.2 Å². The van der Waals surface area contributed by atoms with Gasteiger partial charge in [-0.25, -0.2) is 0 Å². The van der Waals surface area contributed by atoms with E-state index in [1.54, 1.807) is 0 Å². The smallest absolute Gasteiger partial charge is 0.0314 e. The molecule has 19 heavy (non-hydrogen) atoms. The quantitative estimate of drug-likeness (QED) is 0.843. The maximum atomic E-state index is 5.72. The molecule has 3 nitrogen and oxygen atoms in total. The van der Waals surface area contributed by atoms with E-state index < -0.39 is 0 Å². The van der Waals surface area contributed by atoms with Gasteiger partial charge in [0.2, 0.25) is 0 Å². The number of piperidine rings is 1. The molecule has 2 aliphatic rings. The number of benzene rings is 1. The van der Waals surface area contributed by atoms with Crippen LogP contribution in [0.2, 0.25) is 0 Å². The van der Waals surface area contributed by atoms with Crippen molar-refractivity contribution in [3.8, 4) is 0 Å². The molecule has 1 atom stereocenters. The SMILES string of the molecule is Nc1ccc(CCN2CCN3CCCCC3C2)cc1. The van der Waals surface area contributed by atoms with Gasteiger partial charge in [0.05, 0.1) is 0 Å². The van der Waals surface area contributed by atoms with E-state index >= 15 is 0 Å². The molecule has 2 N–H and O–H groups in total. The molecular formula is C16H25N3. The highest BCUT2D eigenvalue weighted by Gasteiger charge is 2.28. The van der Waals surface area contributed by atoms with Gasteiger partial charge in [-0.15, -0.1) is 0 Å². The molecule has 2 saturated heterocycles. The summed E-state index contributed by atoms with van der Waals surface area (Å²) in [5.74, 6) is 0. The highest BCUT2D eigenvalue weighted by Crippen LogP contribution is 2.21. The molecule has 1 unspecified atom stereocenters. The first-order valence-electron chi connectivity index (χ1n) is 7.62. The Balaban J connectivity index is 1.49. The topological polar surface area (TPSA) is 32.5 Å². The van der Waals surface area contributed by atoms with E-state index in [1.807, 2.05) is 12.1 Å². The number of hydrogen-bond donors (Lipinski definition) is 1. The molecule has 1 aromatic rings. The molecule has 0 aromatic heterocycles. The molecule has 1 aromatic carbocycles. The number of rotatable bonds is 3. The second-order valence-corrected chi connectivity index (χ2v) is 5.98. The van der Waals surface area contributed by atoms with Crippen LogP contribution < -0.4 is 5.73 Å². The van der Waals surface area contributed by atoms with Gasteiger partial charge < -0.3 is 10.6 Å². The summed E-state index contributed by atoms with van der Waals surface area (Å²) in [7, 11) is 0. The van der Waals surface area contributed by atoms with E-state index in [9.17, 15) is 0 Å². The maximum absolute atomic E-state index is 5.72. The van der Waals surface area contributed by atoms with Crippen LogP contribution in [-0.2, 0) is 6.42 Å². The lowest BCUT2D eigenvalue weighted by Gasteiger charge is -2.44. The lowest BCUT2D eigenvalue weighted by molar-refractivity contribution is 0.0500. The molecule has 0 aliphatic carbocycles. The molecule has 3 heteroatoms. The van der Waals surface area contributed by atoms with Gasteiger partial charge in [-0.2, -0.15) is 0 Å². The van der Waals surface area contributed by atoms with Crippen molar-refractivity contribution in [2.24, 2.45) is 0 Å². The number of hydrogen-bond acceptors (Lipinski definition) is 3.